The average molecular weight is 353 g/mol. The molecule has 1 aliphatic heterocycles. The maximum Gasteiger partial charge on any atom is 0.0294 e. The standard InChI is InChI=1S/C18H29BrN2/c1-4-11-21-12-5-6-17(13-21)15(3)20-14(2)16-7-9-18(19)10-8-16/h7-10,14-15,17,20H,4-6,11-13H2,1-3H3/t14-,15?,17?/m1/s1. The number of nitrogens with zero attached hydrogens (tertiary/aromatic N) is 1. The molecule has 0 spiro atoms. The highest BCUT2D eigenvalue weighted by molar-refractivity contribution is 9.10. The lowest BCUT2D eigenvalue weighted by atomic mass is 9.90. The number of rotatable bonds is 6. The van der Waals surface area contributed by atoms with Gasteiger partial charge in [-0.15, -0.1) is 0 Å². The van der Waals surface area contributed by atoms with Gasteiger partial charge in [0.2, 0.25) is 0 Å². The van der Waals surface area contributed by atoms with E-state index in [1.54, 1.807) is 0 Å². The number of benzene rings is 1. The highest BCUT2D eigenvalue weighted by Crippen LogP contribution is 2.23. The molecule has 1 aliphatic rings. The molecule has 1 fully saturated rings. The molecular weight excluding hydrogens is 324 g/mol. The molecule has 3 atom stereocenters. The van der Waals surface area contributed by atoms with E-state index in [9.17, 15) is 0 Å². The number of halogens is 1. The van der Waals surface area contributed by atoms with Crippen molar-refractivity contribution in [3.63, 3.8) is 0 Å². The number of hydrogen-bond acceptors (Lipinski definition) is 2. The Bertz CT molecular complexity index is 416. The zero-order valence-corrected chi connectivity index (χ0v) is 15.2. The van der Waals surface area contributed by atoms with E-state index >= 15 is 0 Å². The number of hydrogen-bond donors (Lipinski definition) is 1. The van der Waals surface area contributed by atoms with Crippen molar-refractivity contribution in [1.82, 2.24) is 10.2 Å². The molecule has 118 valence electrons. The fourth-order valence-electron chi connectivity index (χ4n) is 3.40. The molecule has 0 aromatic heterocycles. The van der Waals surface area contributed by atoms with Gasteiger partial charge in [0, 0.05) is 23.1 Å². The molecule has 21 heavy (non-hydrogen) atoms. The molecule has 0 radical (unpaired) electrons. The fourth-order valence-corrected chi connectivity index (χ4v) is 3.66. The van der Waals surface area contributed by atoms with Crippen molar-refractivity contribution in [2.45, 2.75) is 52.1 Å². The lowest BCUT2D eigenvalue weighted by Crippen LogP contribution is -2.45. The summed E-state index contributed by atoms with van der Waals surface area (Å²) >= 11 is 3.50. The lowest BCUT2D eigenvalue weighted by Gasteiger charge is -2.37. The maximum atomic E-state index is 3.81. The van der Waals surface area contributed by atoms with Crippen LogP contribution < -0.4 is 5.32 Å². The van der Waals surface area contributed by atoms with Crippen molar-refractivity contribution in [1.29, 1.82) is 0 Å². The predicted molar refractivity (Wildman–Crippen MR) is 94.6 cm³/mol. The summed E-state index contributed by atoms with van der Waals surface area (Å²) in [6.07, 6.45) is 3.98. The monoisotopic (exact) mass is 352 g/mol. The quantitative estimate of drug-likeness (QED) is 0.803. The Hall–Kier alpha value is -0.380. The van der Waals surface area contributed by atoms with Crippen LogP contribution in [0, 0.1) is 5.92 Å². The van der Waals surface area contributed by atoms with Gasteiger partial charge in [0.25, 0.3) is 0 Å². The van der Waals surface area contributed by atoms with E-state index < -0.39 is 0 Å². The fraction of sp³-hybridized carbons (Fsp3) is 0.667. The third kappa shape index (κ3) is 5.08. The van der Waals surface area contributed by atoms with Gasteiger partial charge in [-0.1, -0.05) is 35.0 Å². The van der Waals surface area contributed by atoms with Crippen LogP contribution in [0.4, 0.5) is 0 Å². The van der Waals surface area contributed by atoms with Crippen LogP contribution in [0.2, 0.25) is 0 Å². The minimum absolute atomic E-state index is 0.412. The largest absolute Gasteiger partial charge is 0.307 e. The second-order valence-corrected chi connectivity index (χ2v) is 7.35. The van der Waals surface area contributed by atoms with Crippen LogP contribution in [0.1, 0.15) is 51.6 Å². The van der Waals surface area contributed by atoms with E-state index in [0.29, 0.717) is 12.1 Å². The molecule has 2 unspecified atom stereocenters. The molecule has 1 aromatic carbocycles. The van der Waals surface area contributed by atoms with E-state index in [1.807, 2.05) is 0 Å². The molecule has 0 bridgehead atoms. The summed E-state index contributed by atoms with van der Waals surface area (Å²) in [7, 11) is 0. The average Bonchev–Trinajstić information content (AvgIpc) is 2.48. The third-order valence-electron chi connectivity index (χ3n) is 4.67. The number of likely N-dealkylation sites (tertiary alicyclic amines) is 1. The van der Waals surface area contributed by atoms with E-state index in [4.69, 9.17) is 0 Å². The van der Waals surface area contributed by atoms with Gasteiger partial charge in [-0.05, 0) is 69.8 Å². The number of nitrogens with one attached hydrogen (secondary N) is 1. The van der Waals surface area contributed by atoms with Gasteiger partial charge < -0.3 is 10.2 Å². The van der Waals surface area contributed by atoms with Crippen LogP contribution >= 0.6 is 15.9 Å². The van der Waals surface area contributed by atoms with Gasteiger partial charge >= 0.3 is 0 Å². The molecule has 1 aromatic rings. The second kappa shape index (κ2) is 8.30. The minimum Gasteiger partial charge on any atom is -0.307 e. The molecule has 0 aliphatic carbocycles. The van der Waals surface area contributed by atoms with Crippen LogP contribution in [-0.4, -0.2) is 30.6 Å². The van der Waals surface area contributed by atoms with Crippen molar-refractivity contribution in [2.75, 3.05) is 19.6 Å². The predicted octanol–water partition coefficient (Wildman–Crippen LogP) is 4.61. The third-order valence-corrected chi connectivity index (χ3v) is 5.20. The minimum atomic E-state index is 0.412. The second-order valence-electron chi connectivity index (χ2n) is 6.43. The molecule has 0 amide bonds. The van der Waals surface area contributed by atoms with Crippen molar-refractivity contribution in [3.05, 3.63) is 34.3 Å². The van der Waals surface area contributed by atoms with Crippen molar-refractivity contribution < 1.29 is 0 Å². The Labute approximate surface area is 138 Å². The summed E-state index contributed by atoms with van der Waals surface area (Å²) < 4.78 is 1.15. The van der Waals surface area contributed by atoms with E-state index in [1.165, 1.54) is 44.5 Å². The smallest absolute Gasteiger partial charge is 0.0294 e. The van der Waals surface area contributed by atoms with Gasteiger partial charge in [-0.3, -0.25) is 0 Å². The first kappa shape index (κ1) is 17.0. The Balaban J connectivity index is 1.88. The molecular formula is C18H29BrN2. The Morgan fingerprint density at radius 2 is 2.00 bits per heavy atom. The lowest BCUT2D eigenvalue weighted by molar-refractivity contribution is 0.147. The summed E-state index contributed by atoms with van der Waals surface area (Å²) in [6.45, 7) is 10.7. The number of piperidine rings is 1. The summed E-state index contributed by atoms with van der Waals surface area (Å²) in [5.74, 6) is 0.781. The summed E-state index contributed by atoms with van der Waals surface area (Å²) in [5, 5.41) is 3.81. The summed E-state index contributed by atoms with van der Waals surface area (Å²) in [5.41, 5.74) is 1.37. The zero-order valence-electron chi connectivity index (χ0n) is 13.6. The Morgan fingerprint density at radius 1 is 1.29 bits per heavy atom. The molecule has 0 saturated carbocycles. The van der Waals surface area contributed by atoms with E-state index in [2.05, 4.69) is 71.2 Å². The van der Waals surface area contributed by atoms with Gasteiger partial charge in [0.05, 0.1) is 0 Å². The molecule has 1 saturated heterocycles. The van der Waals surface area contributed by atoms with Crippen LogP contribution in [0.3, 0.4) is 0 Å². The molecule has 2 rings (SSSR count). The Morgan fingerprint density at radius 3 is 2.67 bits per heavy atom. The van der Waals surface area contributed by atoms with Gasteiger partial charge in [0.15, 0.2) is 0 Å². The molecule has 1 heterocycles. The first-order chi connectivity index (χ1) is 10.1. The SMILES string of the molecule is CCCN1CCCC(C(C)N[C@H](C)c2ccc(Br)cc2)C1. The highest BCUT2D eigenvalue weighted by atomic mass is 79.9. The van der Waals surface area contributed by atoms with Gasteiger partial charge in [-0.2, -0.15) is 0 Å². The Kier molecular flexibility index (Phi) is 6.72. The van der Waals surface area contributed by atoms with Crippen molar-refractivity contribution in [2.24, 2.45) is 5.92 Å². The summed E-state index contributed by atoms with van der Waals surface area (Å²) in [6, 6.07) is 9.65. The topological polar surface area (TPSA) is 15.3 Å². The molecule has 3 heteroatoms. The van der Waals surface area contributed by atoms with E-state index in [-0.39, 0.29) is 0 Å². The van der Waals surface area contributed by atoms with Crippen molar-refractivity contribution in [3.8, 4) is 0 Å². The van der Waals surface area contributed by atoms with Crippen molar-refractivity contribution >= 4 is 15.9 Å². The first-order valence-corrected chi connectivity index (χ1v) is 9.13. The zero-order chi connectivity index (χ0) is 15.2. The molecule has 1 N–H and O–H groups in total. The first-order valence-electron chi connectivity index (χ1n) is 8.34. The molecule has 2 nitrogen and oxygen atoms in total. The van der Waals surface area contributed by atoms with Crippen LogP contribution in [-0.2, 0) is 0 Å². The normalized spacial score (nSPS) is 23.0. The van der Waals surface area contributed by atoms with Gasteiger partial charge in [0.1, 0.15) is 0 Å². The summed E-state index contributed by atoms with van der Waals surface area (Å²) in [4.78, 5) is 2.64. The van der Waals surface area contributed by atoms with Crippen LogP contribution in [0.25, 0.3) is 0 Å². The highest BCUT2D eigenvalue weighted by Gasteiger charge is 2.25. The van der Waals surface area contributed by atoms with E-state index in [0.717, 1.165) is 10.4 Å². The van der Waals surface area contributed by atoms with Crippen LogP contribution in [0.15, 0.2) is 28.7 Å². The van der Waals surface area contributed by atoms with Crippen LogP contribution in [0.5, 0.6) is 0 Å². The van der Waals surface area contributed by atoms with Gasteiger partial charge in [-0.25, -0.2) is 0 Å². The maximum absolute atomic E-state index is 3.81.